The fourth-order valence-electron chi connectivity index (χ4n) is 5.59. The lowest BCUT2D eigenvalue weighted by Gasteiger charge is -2.35. The quantitative estimate of drug-likeness (QED) is 0.391. The second-order valence-electron chi connectivity index (χ2n) is 11.4. The van der Waals surface area contributed by atoms with Gasteiger partial charge in [-0.1, -0.05) is 6.42 Å². The van der Waals surface area contributed by atoms with Gasteiger partial charge in [0.05, 0.1) is 18.6 Å². The van der Waals surface area contributed by atoms with E-state index in [1.54, 1.807) is 30.1 Å². The first-order chi connectivity index (χ1) is 19.9. The van der Waals surface area contributed by atoms with E-state index >= 15 is 0 Å². The monoisotopic (exact) mass is 591 g/mol. The summed E-state index contributed by atoms with van der Waals surface area (Å²) in [4.78, 5) is 38.0. The zero-order valence-electron chi connectivity index (χ0n) is 24.7. The van der Waals surface area contributed by atoms with Crippen LogP contribution in [0.25, 0.3) is 0 Å². The van der Waals surface area contributed by atoms with Crippen LogP contribution in [-0.2, 0) is 11.0 Å². The summed E-state index contributed by atoms with van der Waals surface area (Å²) in [6, 6.07) is 4.39. The molecule has 2 aliphatic rings. The number of aromatic nitrogens is 2. The SMILES string of the molecule is COc1cc(Nc2ncc(C(F)(F)F)c(N[C@@H]3CCC[C@@H]3C(=O)NC(C)C)n2)ccc1C(=O)N(C)C1CCN(C)CC1. The Hall–Kier alpha value is -3.61. The van der Waals surface area contributed by atoms with E-state index in [4.69, 9.17) is 4.74 Å². The van der Waals surface area contributed by atoms with Crippen molar-refractivity contribution >= 4 is 29.3 Å². The van der Waals surface area contributed by atoms with Crippen LogP contribution in [0.5, 0.6) is 5.75 Å². The van der Waals surface area contributed by atoms with Gasteiger partial charge >= 0.3 is 6.18 Å². The third kappa shape index (κ3) is 7.42. The standard InChI is InChI=1S/C29H40F3N7O3/c1-17(2)34-26(40)20-7-6-8-23(20)36-25-22(29(30,31)32)16-33-28(37-25)35-18-9-10-21(24(15-18)42-5)27(41)39(4)19-11-13-38(3)14-12-19/h9-10,15-17,19-20,23H,6-8,11-14H2,1-5H3,(H,34,40)(H2,33,35,36,37)/t20-,23+/m0/s1. The van der Waals surface area contributed by atoms with Gasteiger partial charge in [0, 0.05) is 43.1 Å². The molecule has 0 unspecified atom stereocenters. The summed E-state index contributed by atoms with van der Waals surface area (Å²) in [6.45, 7) is 5.51. The van der Waals surface area contributed by atoms with Crippen molar-refractivity contribution in [3.05, 3.63) is 35.5 Å². The van der Waals surface area contributed by atoms with Crippen LogP contribution in [0, 0.1) is 5.92 Å². The third-order valence-electron chi connectivity index (χ3n) is 7.94. The zero-order chi connectivity index (χ0) is 30.6. The summed E-state index contributed by atoms with van der Waals surface area (Å²) in [7, 11) is 5.30. The number of amides is 2. The molecule has 10 nitrogen and oxygen atoms in total. The fraction of sp³-hybridized carbons (Fsp3) is 0.586. The van der Waals surface area contributed by atoms with Crippen LogP contribution in [-0.4, -0.2) is 84.0 Å². The first-order valence-corrected chi connectivity index (χ1v) is 14.3. The molecule has 3 N–H and O–H groups in total. The van der Waals surface area contributed by atoms with Gasteiger partial charge in [0.2, 0.25) is 11.9 Å². The summed E-state index contributed by atoms with van der Waals surface area (Å²) in [5.41, 5.74) is -0.198. The Morgan fingerprint density at radius 3 is 2.50 bits per heavy atom. The molecule has 13 heteroatoms. The number of alkyl halides is 3. The number of hydrogen-bond acceptors (Lipinski definition) is 8. The maximum Gasteiger partial charge on any atom is 0.421 e. The van der Waals surface area contributed by atoms with Crippen LogP contribution >= 0.6 is 0 Å². The van der Waals surface area contributed by atoms with E-state index in [1.807, 2.05) is 13.8 Å². The summed E-state index contributed by atoms with van der Waals surface area (Å²) >= 11 is 0. The second kappa shape index (κ2) is 13.1. The minimum absolute atomic E-state index is 0.0729. The van der Waals surface area contributed by atoms with E-state index in [0.29, 0.717) is 36.3 Å². The van der Waals surface area contributed by atoms with Crippen molar-refractivity contribution in [2.75, 3.05) is 44.9 Å². The summed E-state index contributed by atoms with van der Waals surface area (Å²) in [6.07, 6.45) is -0.381. The summed E-state index contributed by atoms with van der Waals surface area (Å²) in [5.74, 6) is -0.979. The van der Waals surface area contributed by atoms with E-state index in [2.05, 4.69) is 37.9 Å². The van der Waals surface area contributed by atoms with Crippen molar-refractivity contribution in [3.63, 3.8) is 0 Å². The number of hydrogen-bond donors (Lipinski definition) is 3. The lowest BCUT2D eigenvalue weighted by Crippen LogP contribution is -2.44. The minimum Gasteiger partial charge on any atom is -0.496 e. The molecule has 2 heterocycles. The van der Waals surface area contributed by atoms with E-state index in [1.165, 1.54) is 7.11 Å². The van der Waals surface area contributed by atoms with Crippen LogP contribution in [0.15, 0.2) is 24.4 Å². The Kier molecular flexibility index (Phi) is 9.80. The molecule has 1 aliphatic heterocycles. The molecule has 1 aromatic carbocycles. The Balaban J connectivity index is 1.54. The molecule has 2 fully saturated rings. The van der Waals surface area contributed by atoms with Gasteiger partial charge < -0.3 is 30.5 Å². The topological polar surface area (TPSA) is 112 Å². The molecule has 42 heavy (non-hydrogen) atoms. The van der Waals surface area contributed by atoms with E-state index in [0.717, 1.165) is 32.1 Å². The summed E-state index contributed by atoms with van der Waals surface area (Å²) in [5, 5.41) is 8.67. The number of nitrogens with one attached hydrogen (secondary N) is 3. The number of methoxy groups -OCH3 is 1. The first-order valence-electron chi connectivity index (χ1n) is 14.3. The Bertz CT molecular complexity index is 1270. The van der Waals surface area contributed by atoms with Gasteiger partial charge in [0.25, 0.3) is 5.91 Å². The molecular weight excluding hydrogens is 551 g/mol. The number of likely N-dealkylation sites (tertiary alicyclic amines) is 1. The molecule has 1 aliphatic carbocycles. The van der Waals surface area contributed by atoms with Crippen LogP contribution in [0.4, 0.5) is 30.6 Å². The number of anilines is 3. The van der Waals surface area contributed by atoms with Crippen molar-refractivity contribution in [3.8, 4) is 5.75 Å². The van der Waals surface area contributed by atoms with Crippen molar-refractivity contribution in [2.45, 2.75) is 70.3 Å². The highest BCUT2D eigenvalue weighted by Gasteiger charge is 2.39. The van der Waals surface area contributed by atoms with Crippen LogP contribution < -0.4 is 20.7 Å². The number of rotatable bonds is 9. The molecule has 0 radical (unpaired) electrons. The number of carbonyl (C=O) groups excluding carboxylic acids is 2. The number of benzene rings is 1. The predicted octanol–water partition coefficient (Wildman–Crippen LogP) is 4.52. The predicted molar refractivity (Wildman–Crippen MR) is 154 cm³/mol. The maximum absolute atomic E-state index is 13.9. The number of carbonyl (C=O) groups is 2. The Morgan fingerprint density at radius 2 is 1.86 bits per heavy atom. The fourth-order valence-corrected chi connectivity index (χ4v) is 5.59. The Morgan fingerprint density at radius 1 is 1.14 bits per heavy atom. The van der Waals surface area contributed by atoms with Crippen molar-refractivity contribution in [1.82, 2.24) is 25.1 Å². The molecule has 1 saturated heterocycles. The van der Waals surface area contributed by atoms with Gasteiger partial charge in [-0.2, -0.15) is 18.2 Å². The maximum atomic E-state index is 13.9. The number of halogens is 3. The van der Waals surface area contributed by atoms with E-state index in [-0.39, 0.29) is 29.8 Å². The highest BCUT2D eigenvalue weighted by molar-refractivity contribution is 5.97. The average Bonchev–Trinajstić information content (AvgIpc) is 3.40. The minimum atomic E-state index is -4.69. The van der Waals surface area contributed by atoms with Crippen LogP contribution in [0.1, 0.15) is 61.9 Å². The van der Waals surface area contributed by atoms with E-state index < -0.39 is 29.5 Å². The van der Waals surface area contributed by atoms with Gasteiger partial charge in [-0.05, 0) is 71.8 Å². The Labute approximate surface area is 244 Å². The van der Waals surface area contributed by atoms with Crippen LogP contribution in [0.3, 0.4) is 0 Å². The molecule has 1 aromatic heterocycles. The van der Waals surface area contributed by atoms with E-state index in [9.17, 15) is 22.8 Å². The van der Waals surface area contributed by atoms with Crippen molar-refractivity contribution in [1.29, 1.82) is 0 Å². The number of ether oxygens (including phenoxy) is 1. The highest BCUT2D eigenvalue weighted by atomic mass is 19.4. The summed E-state index contributed by atoms with van der Waals surface area (Å²) < 4.78 is 47.1. The van der Waals surface area contributed by atoms with Crippen molar-refractivity contribution < 1.29 is 27.5 Å². The first kappa shape index (κ1) is 31.3. The van der Waals surface area contributed by atoms with Gasteiger partial charge in [0.15, 0.2) is 0 Å². The molecule has 0 bridgehead atoms. The second-order valence-corrected chi connectivity index (χ2v) is 11.4. The normalized spacial score (nSPS) is 19.9. The molecule has 2 atom stereocenters. The van der Waals surface area contributed by atoms with Crippen LogP contribution in [0.2, 0.25) is 0 Å². The van der Waals surface area contributed by atoms with Gasteiger partial charge in [-0.15, -0.1) is 0 Å². The molecule has 1 saturated carbocycles. The number of piperidine rings is 1. The zero-order valence-corrected chi connectivity index (χ0v) is 24.7. The molecular formula is C29H40F3N7O3. The van der Waals surface area contributed by atoms with Crippen molar-refractivity contribution in [2.24, 2.45) is 5.92 Å². The lowest BCUT2D eigenvalue weighted by molar-refractivity contribution is -0.137. The number of nitrogens with zero attached hydrogens (tertiary/aromatic N) is 4. The van der Waals surface area contributed by atoms with Gasteiger partial charge in [-0.25, -0.2) is 4.98 Å². The average molecular weight is 592 g/mol. The molecule has 0 spiro atoms. The van der Waals surface area contributed by atoms with Gasteiger partial charge in [0.1, 0.15) is 17.1 Å². The molecule has 2 aromatic rings. The smallest absolute Gasteiger partial charge is 0.421 e. The molecule has 230 valence electrons. The lowest BCUT2D eigenvalue weighted by atomic mass is 10.0. The third-order valence-corrected chi connectivity index (χ3v) is 7.94. The molecule has 4 rings (SSSR count). The molecule has 2 amide bonds. The largest absolute Gasteiger partial charge is 0.496 e. The highest BCUT2D eigenvalue weighted by Crippen LogP contribution is 2.37. The van der Waals surface area contributed by atoms with Gasteiger partial charge in [-0.3, -0.25) is 9.59 Å².